The molecule has 7 nitrogen and oxygen atoms in total. The van der Waals surface area contributed by atoms with E-state index in [2.05, 4.69) is 6.58 Å². The minimum Gasteiger partial charge on any atom is -0.459 e. The summed E-state index contributed by atoms with van der Waals surface area (Å²) in [5.74, 6) is -0.537. The Balaban J connectivity index is 3.64. The van der Waals surface area contributed by atoms with E-state index in [-0.39, 0.29) is 25.4 Å². The molecule has 0 radical (unpaired) electrons. The van der Waals surface area contributed by atoms with Gasteiger partial charge in [0.1, 0.15) is 19.8 Å². The lowest BCUT2D eigenvalue weighted by Crippen LogP contribution is -2.28. The van der Waals surface area contributed by atoms with Crippen LogP contribution in [0.4, 0.5) is 4.79 Å². The maximum absolute atomic E-state index is 11.2. The molecule has 0 aromatic rings. The predicted molar refractivity (Wildman–Crippen MR) is 75.6 cm³/mol. The highest BCUT2D eigenvalue weighted by Crippen LogP contribution is 1.94. The molecule has 0 heterocycles. The third kappa shape index (κ3) is 10.4. The fraction of sp³-hybridized carbons (Fsp3) is 0.643. The highest BCUT2D eigenvalue weighted by molar-refractivity contribution is 5.86. The molecule has 0 spiro atoms. The number of rotatable bonds is 11. The van der Waals surface area contributed by atoms with Crippen molar-refractivity contribution in [1.82, 2.24) is 4.90 Å². The van der Waals surface area contributed by atoms with Gasteiger partial charge in [0, 0.05) is 12.1 Å². The van der Waals surface area contributed by atoms with Crippen molar-refractivity contribution in [1.29, 1.82) is 0 Å². The first-order valence-corrected chi connectivity index (χ1v) is 6.82. The number of ether oxygens (including phenoxy) is 3. The van der Waals surface area contributed by atoms with E-state index >= 15 is 0 Å². The summed E-state index contributed by atoms with van der Waals surface area (Å²) < 4.78 is 14.2. The van der Waals surface area contributed by atoms with Gasteiger partial charge in [0.15, 0.2) is 0 Å². The van der Waals surface area contributed by atoms with Crippen LogP contribution in [0, 0.1) is 0 Å². The normalized spacial score (nSPS) is 9.62. The first kappa shape index (κ1) is 18.9. The fourth-order valence-electron chi connectivity index (χ4n) is 1.25. The van der Waals surface area contributed by atoms with Crippen molar-refractivity contribution in [2.24, 2.45) is 0 Å². The zero-order valence-corrected chi connectivity index (χ0v) is 12.6. The van der Waals surface area contributed by atoms with E-state index in [0.29, 0.717) is 13.1 Å². The molecular formula is C14H23NO6. The molecule has 0 aliphatic heterocycles. The van der Waals surface area contributed by atoms with Gasteiger partial charge in [0.2, 0.25) is 6.41 Å². The van der Waals surface area contributed by atoms with Gasteiger partial charge in [0.05, 0.1) is 6.54 Å². The second-order valence-electron chi connectivity index (χ2n) is 4.36. The monoisotopic (exact) mass is 301 g/mol. The Hall–Kier alpha value is -2.05. The molecule has 0 aromatic carbocycles. The molecule has 0 unspecified atom stereocenters. The molecule has 7 heteroatoms. The average molecular weight is 301 g/mol. The van der Waals surface area contributed by atoms with Gasteiger partial charge in [-0.25, -0.2) is 9.59 Å². The van der Waals surface area contributed by atoms with Crippen molar-refractivity contribution < 1.29 is 28.6 Å². The number of carbonyl (C=O) groups excluding carboxylic acids is 3. The lowest BCUT2D eigenvalue weighted by Gasteiger charge is -2.16. The highest BCUT2D eigenvalue weighted by Gasteiger charge is 2.07. The van der Waals surface area contributed by atoms with Crippen LogP contribution in [0.5, 0.6) is 0 Å². The quantitative estimate of drug-likeness (QED) is 0.249. The Kier molecular flexibility index (Phi) is 10.6. The SMILES string of the molecule is C=C(C)C(=O)OCCOC(=O)OCCN(C=O)CCCC. The van der Waals surface area contributed by atoms with Gasteiger partial charge in [-0.1, -0.05) is 19.9 Å². The Morgan fingerprint density at radius 3 is 2.29 bits per heavy atom. The lowest BCUT2D eigenvalue weighted by atomic mass is 10.3. The van der Waals surface area contributed by atoms with E-state index in [1.807, 2.05) is 6.92 Å². The van der Waals surface area contributed by atoms with Gasteiger partial charge in [-0.15, -0.1) is 0 Å². The summed E-state index contributed by atoms with van der Waals surface area (Å²) >= 11 is 0. The van der Waals surface area contributed by atoms with Crippen molar-refractivity contribution in [2.45, 2.75) is 26.7 Å². The molecule has 0 N–H and O–H groups in total. The van der Waals surface area contributed by atoms with Crippen LogP contribution >= 0.6 is 0 Å². The number of esters is 1. The first-order chi connectivity index (χ1) is 10.0. The maximum Gasteiger partial charge on any atom is 0.508 e. The van der Waals surface area contributed by atoms with E-state index in [9.17, 15) is 14.4 Å². The summed E-state index contributed by atoms with van der Waals surface area (Å²) in [7, 11) is 0. The Morgan fingerprint density at radius 1 is 1.10 bits per heavy atom. The summed E-state index contributed by atoms with van der Waals surface area (Å²) in [6.45, 7) is 7.83. The van der Waals surface area contributed by atoms with Crippen molar-refractivity contribution in [2.75, 3.05) is 32.9 Å². The van der Waals surface area contributed by atoms with E-state index in [1.54, 1.807) is 0 Å². The highest BCUT2D eigenvalue weighted by atomic mass is 16.7. The van der Waals surface area contributed by atoms with E-state index in [0.717, 1.165) is 19.3 Å². The molecule has 21 heavy (non-hydrogen) atoms. The van der Waals surface area contributed by atoms with E-state index in [4.69, 9.17) is 14.2 Å². The average Bonchev–Trinajstić information content (AvgIpc) is 2.46. The zero-order chi connectivity index (χ0) is 16.1. The van der Waals surface area contributed by atoms with Crippen LogP contribution in [0.25, 0.3) is 0 Å². The number of nitrogens with zero attached hydrogens (tertiary/aromatic N) is 1. The smallest absolute Gasteiger partial charge is 0.459 e. The molecule has 0 bridgehead atoms. The minimum atomic E-state index is -0.859. The van der Waals surface area contributed by atoms with Gasteiger partial charge in [-0.05, 0) is 13.3 Å². The standard InChI is InChI=1S/C14H23NO6/c1-4-5-6-15(11-16)7-8-20-14(18)21-10-9-19-13(17)12(2)3/h11H,2,4-10H2,1,3H3. The number of amides is 1. The molecule has 0 rings (SSSR count). The molecule has 0 saturated heterocycles. The van der Waals surface area contributed by atoms with Crippen LogP contribution in [0.15, 0.2) is 12.2 Å². The van der Waals surface area contributed by atoms with Crippen molar-refractivity contribution in [3.8, 4) is 0 Å². The van der Waals surface area contributed by atoms with Crippen molar-refractivity contribution in [3.05, 3.63) is 12.2 Å². The number of unbranched alkanes of at least 4 members (excludes halogenated alkanes) is 1. The second kappa shape index (κ2) is 11.7. The summed E-state index contributed by atoms with van der Waals surface area (Å²) in [4.78, 5) is 34.5. The van der Waals surface area contributed by atoms with Gasteiger partial charge < -0.3 is 19.1 Å². The number of hydrogen-bond donors (Lipinski definition) is 0. The summed E-state index contributed by atoms with van der Waals surface area (Å²) in [5.41, 5.74) is 0.276. The third-order valence-electron chi connectivity index (χ3n) is 2.43. The summed E-state index contributed by atoms with van der Waals surface area (Å²) in [6, 6.07) is 0. The van der Waals surface area contributed by atoms with Crippen LogP contribution in [-0.2, 0) is 23.8 Å². The summed E-state index contributed by atoms with van der Waals surface area (Å²) in [6.07, 6.45) is 1.75. The van der Waals surface area contributed by atoms with Gasteiger partial charge in [-0.3, -0.25) is 4.79 Å². The summed E-state index contributed by atoms with van der Waals surface area (Å²) in [5, 5.41) is 0. The molecule has 120 valence electrons. The second-order valence-corrected chi connectivity index (χ2v) is 4.36. The molecule has 1 amide bonds. The van der Waals surface area contributed by atoms with Gasteiger partial charge in [0.25, 0.3) is 0 Å². The lowest BCUT2D eigenvalue weighted by molar-refractivity contribution is -0.140. The predicted octanol–water partition coefficient (Wildman–Crippen LogP) is 1.52. The number of carbonyl (C=O) groups is 3. The van der Waals surface area contributed by atoms with Gasteiger partial charge in [-0.2, -0.15) is 0 Å². The molecule has 0 atom stereocenters. The molecule has 0 aromatic heterocycles. The van der Waals surface area contributed by atoms with Crippen LogP contribution < -0.4 is 0 Å². The van der Waals surface area contributed by atoms with Crippen LogP contribution in [-0.4, -0.2) is 56.3 Å². The minimum absolute atomic E-state index is 0.0578. The third-order valence-corrected chi connectivity index (χ3v) is 2.43. The Bertz CT molecular complexity index is 355. The fourth-order valence-corrected chi connectivity index (χ4v) is 1.25. The number of hydrogen-bond acceptors (Lipinski definition) is 6. The Labute approximate surface area is 124 Å². The van der Waals surface area contributed by atoms with Crippen LogP contribution in [0.3, 0.4) is 0 Å². The first-order valence-electron chi connectivity index (χ1n) is 6.82. The molecule has 0 fully saturated rings. The Morgan fingerprint density at radius 2 is 1.71 bits per heavy atom. The molecule has 0 saturated carbocycles. The van der Waals surface area contributed by atoms with E-state index < -0.39 is 12.1 Å². The van der Waals surface area contributed by atoms with E-state index in [1.165, 1.54) is 11.8 Å². The van der Waals surface area contributed by atoms with Crippen LogP contribution in [0.1, 0.15) is 26.7 Å². The van der Waals surface area contributed by atoms with Crippen molar-refractivity contribution >= 4 is 18.5 Å². The maximum atomic E-state index is 11.2. The van der Waals surface area contributed by atoms with Crippen molar-refractivity contribution in [3.63, 3.8) is 0 Å². The molecular weight excluding hydrogens is 278 g/mol. The molecule has 0 aliphatic rings. The topological polar surface area (TPSA) is 82.1 Å². The largest absolute Gasteiger partial charge is 0.508 e. The molecule has 0 aliphatic carbocycles. The van der Waals surface area contributed by atoms with Crippen LogP contribution in [0.2, 0.25) is 0 Å². The zero-order valence-electron chi connectivity index (χ0n) is 12.6. The van der Waals surface area contributed by atoms with Gasteiger partial charge >= 0.3 is 12.1 Å².